The van der Waals surface area contributed by atoms with Crippen LogP contribution in [0.1, 0.15) is 46.3 Å². The lowest BCUT2D eigenvalue weighted by Crippen LogP contribution is -2.28. The number of carbonyl (C=O) groups is 2. The van der Waals surface area contributed by atoms with Crippen LogP contribution >= 0.6 is 0 Å². The molecule has 3 rings (SSSR count). The molecule has 2 fully saturated rings. The second-order valence-corrected chi connectivity index (χ2v) is 6.58. The van der Waals surface area contributed by atoms with Crippen molar-refractivity contribution in [2.75, 3.05) is 0 Å². The largest absolute Gasteiger partial charge is 0.424 e. The molecule has 0 aliphatic carbocycles. The molecule has 0 radical (unpaired) electrons. The first-order chi connectivity index (χ1) is 11.8. The molecule has 2 aliphatic heterocycles. The topological polar surface area (TPSA) is 77.7 Å². The highest BCUT2D eigenvalue weighted by molar-refractivity contribution is 5.89. The van der Waals surface area contributed by atoms with Gasteiger partial charge in [0.2, 0.25) is 0 Å². The van der Waals surface area contributed by atoms with Crippen molar-refractivity contribution in [1.29, 1.82) is 0 Å². The molecule has 4 atom stereocenters. The maximum absolute atomic E-state index is 12.3. The molecule has 1 aromatic rings. The fourth-order valence-corrected chi connectivity index (χ4v) is 2.47. The predicted octanol–water partition coefficient (Wildman–Crippen LogP) is 3.10. The zero-order chi connectivity index (χ0) is 18.4. The van der Waals surface area contributed by atoms with E-state index in [4.69, 9.17) is 18.9 Å². The van der Waals surface area contributed by atoms with E-state index in [0.717, 1.165) is 0 Å². The summed E-state index contributed by atoms with van der Waals surface area (Å²) in [6.45, 7) is 8.90. The summed E-state index contributed by atoms with van der Waals surface area (Å²) < 4.78 is 21.7. The molecule has 25 heavy (non-hydrogen) atoms. The molecule has 0 saturated carbocycles. The predicted molar refractivity (Wildman–Crippen MR) is 89.4 cm³/mol. The second-order valence-electron chi connectivity index (χ2n) is 6.58. The van der Waals surface area contributed by atoms with E-state index < -0.39 is 17.5 Å². The highest BCUT2D eigenvalue weighted by Gasteiger charge is 2.57. The van der Waals surface area contributed by atoms with Crippen LogP contribution in [-0.2, 0) is 19.1 Å². The highest BCUT2D eigenvalue weighted by atomic mass is 16.7. The Labute approximate surface area is 146 Å². The van der Waals surface area contributed by atoms with E-state index in [1.54, 1.807) is 45.0 Å². The summed E-state index contributed by atoms with van der Waals surface area (Å²) in [5.74, 6) is -0.0866. The third-order valence-corrected chi connectivity index (χ3v) is 4.71. The van der Waals surface area contributed by atoms with Crippen LogP contribution in [0.2, 0.25) is 0 Å². The van der Waals surface area contributed by atoms with E-state index in [1.807, 2.05) is 13.8 Å². The fraction of sp³-hybridized carbons (Fsp3) is 0.474. The summed E-state index contributed by atoms with van der Waals surface area (Å²) in [7, 11) is 0. The Morgan fingerprint density at radius 1 is 1.24 bits per heavy atom. The molecule has 0 aromatic heterocycles. The molecular weight excluding hydrogens is 324 g/mol. The number of hydrogen-bond acceptors (Lipinski definition) is 6. The van der Waals surface area contributed by atoms with E-state index in [2.05, 4.69) is 0 Å². The average molecular weight is 346 g/mol. The Morgan fingerprint density at radius 2 is 1.88 bits per heavy atom. The van der Waals surface area contributed by atoms with Crippen LogP contribution in [0, 0.1) is 0 Å². The van der Waals surface area contributed by atoms with Crippen molar-refractivity contribution in [2.24, 2.45) is 0 Å². The van der Waals surface area contributed by atoms with Crippen LogP contribution in [0.25, 0.3) is 0 Å². The van der Waals surface area contributed by atoms with E-state index in [9.17, 15) is 9.59 Å². The number of esters is 2. The SMILES string of the molecule is CC=C(C)C(=O)Oc1ccc(OC(=O)C2(C)OC2C)c(C2OC2C)c1. The number of allylic oxidation sites excluding steroid dienone is 1. The lowest BCUT2D eigenvalue weighted by molar-refractivity contribution is -0.139. The zero-order valence-corrected chi connectivity index (χ0v) is 15.0. The van der Waals surface area contributed by atoms with Gasteiger partial charge in [-0.1, -0.05) is 6.08 Å². The molecule has 2 aliphatic rings. The Bertz CT molecular complexity index is 752. The van der Waals surface area contributed by atoms with Crippen LogP contribution in [0.5, 0.6) is 11.5 Å². The minimum atomic E-state index is -0.901. The molecule has 0 bridgehead atoms. The van der Waals surface area contributed by atoms with Gasteiger partial charge in [-0.25, -0.2) is 9.59 Å². The number of hydrogen-bond donors (Lipinski definition) is 0. The van der Waals surface area contributed by atoms with Gasteiger partial charge < -0.3 is 18.9 Å². The summed E-state index contributed by atoms with van der Waals surface area (Å²) >= 11 is 0. The van der Waals surface area contributed by atoms with Gasteiger partial charge in [0.1, 0.15) is 17.6 Å². The smallest absolute Gasteiger partial charge is 0.346 e. The number of epoxide rings is 2. The maximum atomic E-state index is 12.3. The third-order valence-electron chi connectivity index (χ3n) is 4.71. The Hall–Kier alpha value is -2.18. The molecular formula is C19H22O6. The molecule has 6 nitrogen and oxygen atoms in total. The van der Waals surface area contributed by atoms with Gasteiger partial charge in [-0.3, -0.25) is 0 Å². The Morgan fingerprint density at radius 3 is 2.40 bits per heavy atom. The van der Waals surface area contributed by atoms with Crippen LogP contribution in [0.15, 0.2) is 29.8 Å². The molecule has 0 N–H and O–H groups in total. The summed E-state index contributed by atoms with van der Waals surface area (Å²) in [5, 5.41) is 0. The van der Waals surface area contributed by atoms with Gasteiger partial charge in [-0.15, -0.1) is 0 Å². The monoisotopic (exact) mass is 346 g/mol. The lowest BCUT2D eigenvalue weighted by atomic mass is 10.1. The zero-order valence-electron chi connectivity index (χ0n) is 15.0. The Balaban J connectivity index is 1.81. The number of carbonyl (C=O) groups excluding carboxylic acids is 2. The molecule has 134 valence electrons. The average Bonchev–Trinajstić information content (AvgIpc) is 3.46. The summed E-state index contributed by atoms with van der Waals surface area (Å²) in [6.07, 6.45) is 1.36. The molecule has 2 heterocycles. The van der Waals surface area contributed by atoms with Crippen LogP contribution < -0.4 is 9.47 Å². The maximum Gasteiger partial charge on any atom is 0.346 e. The van der Waals surface area contributed by atoms with Gasteiger partial charge in [-0.2, -0.15) is 0 Å². The summed E-state index contributed by atoms with van der Waals surface area (Å²) in [4.78, 5) is 24.2. The molecule has 2 saturated heterocycles. The first-order valence-electron chi connectivity index (χ1n) is 8.31. The molecule has 0 spiro atoms. The van der Waals surface area contributed by atoms with Gasteiger partial charge in [0.25, 0.3) is 0 Å². The molecule has 6 heteroatoms. The fourth-order valence-electron chi connectivity index (χ4n) is 2.47. The van der Waals surface area contributed by atoms with Gasteiger partial charge in [0.05, 0.1) is 12.2 Å². The van der Waals surface area contributed by atoms with Gasteiger partial charge in [0, 0.05) is 11.1 Å². The number of ether oxygens (including phenoxy) is 4. The molecule has 0 amide bonds. The van der Waals surface area contributed by atoms with Gasteiger partial charge in [0.15, 0.2) is 5.60 Å². The minimum absolute atomic E-state index is 0.0207. The first kappa shape index (κ1) is 17.6. The van der Waals surface area contributed by atoms with E-state index in [-0.39, 0.29) is 18.3 Å². The van der Waals surface area contributed by atoms with Crippen molar-refractivity contribution < 1.29 is 28.5 Å². The van der Waals surface area contributed by atoms with Crippen molar-refractivity contribution in [1.82, 2.24) is 0 Å². The highest BCUT2D eigenvalue weighted by Crippen LogP contribution is 2.45. The van der Waals surface area contributed by atoms with Crippen molar-refractivity contribution in [3.8, 4) is 11.5 Å². The molecule has 4 unspecified atom stereocenters. The van der Waals surface area contributed by atoms with Crippen LogP contribution in [0.4, 0.5) is 0 Å². The lowest BCUT2D eigenvalue weighted by Gasteiger charge is -2.12. The number of benzene rings is 1. The molecule has 1 aromatic carbocycles. The third kappa shape index (κ3) is 3.45. The van der Waals surface area contributed by atoms with Crippen molar-refractivity contribution >= 4 is 11.9 Å². The van der Waals surface area contributed by atoms with Crippen molar-refractivity contribution in [3.63, 3.8) is 0 Å². The van der Waals surface area contributed by atoms with Crippen molar-refractivity contribution in [2.45, 2.75) is 58.5 Å². The van der Waals surface area contributed by atoms with E-state index in [0.29, 0.717) is 22.6 Å². The minimum Gasteiger partial charge on any atom is -0.424 e. The summed E-state index contributed by atoms with van der Waals surface area (Å²) in [5.41, 5.74) is 0.295. The van der Waals surface area contributed by atoms with Gasteiger partial charge >= 0.3 is 11.9 Å². The quantitative estimate of drug-likeness (QED) is 0.353. The first-order valence-corrected chi connectivity index (χ1v) is 8.31. The van der Waals surface area contributed by atoms with Crippen LogP contribution in [0.3, 0.4) is 0 Å². The standard InChI is InChI=1S/C19H22O6/c1-6-10(2)17(20)23-13-7-8-15(14(9-13)16-11(3)22-16)24-18(21)19(5)12(4)25-19/h6-9,11-12,16H,1-5H3. The number of rotatable bonds is 5. The van der Waals surface area contributed by atoms with Gasteiger partial charge in [-0.05, 0) is 52.8 Å². The van der Waals surface area contributed by atoms with Crippen molar-refractivity contribution in [3.05, 3.63) is 35.4 Å². The normalized spacial score (nSPS) is 30.6. The Kier molecular flexibility index (Phi) is 4.43. The van der Waals surface area contributed by atoms with E-state index >= 15 is 0 Å². The second kappa shape index (κ2) is 6.28. The van der Waals surface area contributed by atoms with Crippen LogP contribution in [-0.4, -0.2) is 29.7 Å². The van der Waals surface area contributed by atoms with E-state index in [1.165, 1.54) is 0 Å². The summed E-state index contributed by atoms with van der Waals surface area (Å²) in [6, 6.07) is 4.89.